The third-order valence-corrected chi connectivity index (χ3v) is 7.10. The molecular formula is C24H34N4O6S. The predicted octanol–water partition coefficient (Wildman–Crippen LogP) is 1.90. The van der Waals surface area contributed by atoms with E-state index in [4.69, 9.17) is 5.26 Å². The molecule has 11 heteroatoms. The summed E-state index contributed by atoms with van der Waals surface area (Å²) in [6.07, 6.45) is 3.82. The van der Waals surface area contributed by atoms with Gasteiger partial charge < -0.3 is 20.2 Å². The van der Waals surface area contributed by atoms with Crippen molar-refractivity contribution >= 4 is 29.7 Å². The van der Waals surface area contributed by atoms with E-state index in [1.165, 1.54) is 4.90 Å². The summed E-state index contributed by atoms with van der Waals surface area (Å²) >= 11 is 1.09. The fraction of sp³-hybridized carbons (Fsp3) is 0.583. The highest BCUT2D eigenvalue weighted by molar-refractivity contribution is 8.03. The molecule has 0 aliphatic heterocycles. The van der Waals surface area contributed by atoms with Crippen molar-refractivity contribution in [2.75, 3.05) is 40.3 Å². The lowest BCUT2D eigenvalue weighted by Gasteiger charge is -2.41. The topological polar surface area (TPSA) is 145 Å². The van der Waals surface area contributed by atoms with Crippen LogP contribution in [0.3, 0.4) is 0 Å². The Morgan fingerprint density at radius 2 is 1.57 bits per heavy atom. The van der Waals surface area contributed by atoms with Crippen LogP contribution in [0.25, 0.3) is 0 Å². The van der Waals surface area contributed by atoms with E-state index >= 15 is 0 Å². The van der Waals surface area contributed by atoms with Crippen molar-refractivity contribution < 1.29 is 29.7 Å². The van der Waals surface area contributed by atoms with Gasteiger partial charge in [0.1, 0.15) is 5.40 Å². The number of nitrogens with zero attached hydrogens (tertiary/aromatic N) is 4. The second-order valence-electron chi connectivity index (χ2n) is 9.11. The van der Waals surface area contributed by atoms with E-state index in [9.17, 15) is 29.7 Å². The second-order valence-corrected chi connectivity index (χ2v) is 9.97. The van der Waals surface area contributed by atoms with E-state index in [-0.39, 0.29) is 37.8 Å². The summed E-state index contributed by atoms with van der Waals surface area (Å²) in [4.78, 5) is 40.3. The van der Waals surface area contributed by atoms with Crippen LogP contribution in [0.1, 0.15) is 31.2 Å². The third kappa shape index (κ3) is 9.85. The number of hydrogen-bond acceptors (Lipinski definition) is 8. The van der Waals surface area contributed by atoms with E-state index in [2.05, 4.69) is 4.90 Å². The summed E-state index contributed by atoms with van der Waals surface area (Å²) in [7, 11) is 3.78. The van der Waals surface area contributed by atoms with Crippen LogP contribution in [0, 0.1) is 10.7 Å². The Hall–Kier alpha value is -2.65. The van der Waals surface area contributed by atoms with Gasteiger partial charge in [-0.25, -0.2) is 0 Å². The van der Waals surface area contributed by atoms with E-state index in [1.807, 2.05) is 41.6 Å². The second kappa shape index (κ2) is 14.0. The van der Waals surface area contributed by atoms with Gasteiger partial charge in [0.15, 0.2) is 0 Å². The summed E-state index contributed by atoms with van der Waals surface area (Å²) in [5.41, 5.74) is 1.04. The monoisotopic (exact) mass is 506 g/mol. The predicted molar refractivity (Wildman–Crippen MR) is 131 cm³/mol. The number of likely N-dealkylation sites (N-methyl/N-ethyl adjacent to an activating group) is 2. The van der Waals surface area contributed by atoms with Crippen molar-refractivity contribution in [3.05, 3.63) is 29.8 Å². The first-order valence-electron chi connectivity index (χ1n) is 11.5. The number of rotatable bonds is 14. The zero-order valence-corrected chi connectivity index (χ0v) is 21.0. The molecule has 1 saturated carbocycles. The number of carbonyl (C=O) groups is 3. The Balaban J connectivity index is 2.11. The molecule has 1 fully saturated rings. The van der Waals surface area contributed by atoms with E-state index < -0.39 is 17.9 Å². The van der Waals surface area contributed by atoms with Gasteiger partial charge in [0.05, 0.1) is 19.6 Å². The molecule has 1 aliphatic rings. The number of nitriles is 1. The number of hydrogen-bond donors (Lipinski definition) is 3. The van der Waals surface area contributed by atoms with Gasteiger partial charge in [-0.15, -0.1) is 0 Å². The lowest BCUT2D eigenvalue weighted by Crippen LogP contribution is -2.51. The summed E-state index contributed by atoms with van der Waals surface area (Å²) in [5.74, 6) is -3.00. The first kappa shape index (κ1) is 28.6. The zero-order chi connectivity index (χ0) is 26.0. The van der Waals surface area contributed by atoms with Crippen molar-refractivity contribution in [3.63, 3.8) is 0 Å². The molecule has 0 heterocycles. The number of aliphatic carboxylic acids is 3. The summed E-state index contributed by atoms with van der Waals surface area (Å²) in [6, 6.07) is 7.58. The number of carboxylic acid groups (broad SMARTS) is 3. The van der Waals surface area contributed by atoms with Crippen LogP contribution in [0.5, 0.6) is 0 Å². The molecule has 0 bridgehead atoms. The highest BCUT2D eigenvalue weighted by Crippen LogP contribution is 2.27. The normalized spacial score (nSPS) is 19.0. The Morgan fingerprint density at radius 1 is 1.00 bits per heavy atom. The maximum Gasteiger partial charge on any atom is 0.317 e. The highest BCUT2D eigenvalue weighted by Gasteiger charge is 2.32. The maximum absolute atomic E-state index is 11.4. The molecule has 1 aromatic rings. The molecule has 0 saturated heterocycles. The molecular weight excluding hydrogens is 472 g/mol. The molecule has 1 aliphatic carbocycles. The van der Waals surface area contributed by atoms with Crippen molar-refractivity contribution in [1.82, 2.24) is 14.7 Å². The van der Waals surface area contributed by atoms with Gasteiger partial charge in [-0.2, -0.15) is 5.26 Å². The molecule has 3 atom stereocenters. The van der Waals surface area contributed by atoms with Crippen molar-refractivity contribution in [2.45, 2.75) is 55.1 Å². The molecule has 10 nitrogen and oxygen atoms in total. The molecule has 3 N–H and O–H groups in total. The van der Waals surface area contributed by atoms with Gasteiger partial charge in [0, 0.05) is 29.6 Å². The summed E-state index contributed by atoms with van der Waals surface area (Å²) in [6.45, 7) is -0.109. The van der Waals surface area contributed by atoms with Gasteiger partial charge in [-0.3, -0.25) is 24.2 Å². The van der Waals surface area contributed by atoms with Gasteiger partial charge in [0.25, 0.3) is 0 Å². The minimum absolute atomic E-state index is 0.0833. The quantitative estimate of drug-likeness (QED) is 0.251. The molecule has 0 radical (unpaired) electrons. The van der Waals surface area contributed by atoms with E-state index in [0.717, 1.165) is 41.5 Å². The number of benzene rings is 1. The molecule has 192 valence electrons. The SMILES string of the molecule is CN(CC(=O)O)[C@H](Cc1ccc(SC#N)cc1)CN(C)[C@@H]1CCC[C@@H](N(CC(=O)O)CC(=O)O)C1. The van der Waals surface area contributed by atoms with Gasteiger partial charge in [-0.1, -0.05) is 18.6 Å². The van der Waals surface area contributed by atoms with Gasteiger partial charge >= 0.3 is 17.9 Å². The maximum atomic E-state index is 11.4. The van der Waals surface area contributed by atoms with Gasteiger partial charge in [-0.05, 0) is 69.2 Å². The Morgan fingerprint density at radius 3 is 2.11 bits per heavy atom. The minimum atomic E-state index is -1.05. The van der Waals surface area contributed by atoms with Crippen molar-refractivity contribution in [3.8, 4) is 5.40 Å². The Labute approximate surface area is 210 Å². The van der Waals surface area contributed by atoms with E-state index in [1.54, 1.807) is 7.05 Å². The molecule has 0 spiro atoms. The zero-order valence-electron chi connectivity index (χ0n) is 20.2. The first-order chi connectivity index (χ1) is 16.6. The summed E-state index contributed by atoms with van der Waals surface area (Å²) in [5, 5.41) is 38.7. The smallest absolute Gasteiger partial charge is 0.317 e. The fourth-order valence-electron chi connectivity index (χ4n) is 4.73. The molecule has 1 aromatic carbocycles. The number of thiocyanates is 1. The van der Waals surface area contributed by atoms with Crippen LogP contribution in [0.15, 0.2) is 29.2 Å². The minimum Gasteiger partial charge on any atom is -0.480 e. The van der Waals surface area contributed by atoms with Crippen LogP contribution in [0.2, 0.25) is 0 Å². The molecule has 0 unspecified atom stereocenters. The molecule has 35 heavy (non-hydrogen) atoms. The Bertz CT molecular complexity index is 890. The van der Waals surface area contributed by atoms with Crippen LogP contribution in [-0.2, 0) is 20.8 Å². The molecule has 0 amide bonds. The highest BCUT2D eigenvalue weighted by atomic mass is 32.2. The number of thioether (sulfide) groups is 1. The lowest BCUT2D eigenvalue weighted by molar-refractivity contribution is -0.143. The van der Waals surface area contributed by atoms with E-state index in [0.29, 0.717) is 19.4 Å². The van der Waals surface area contributed by atoms with Crippen LogP contribution in [-0.4, -0.2) is 106 Å². The standard InChI is InChI=1S/C24H34N4O6S/c1-26(18-4-3-5-19(11-18)28(14-23(31)32)15-24(33)34)12-20(27(2)13-22(29)30)10-17-6-8-21(9-7-17)35-16-25/h6-9,18-20H,3-5,10-15H2,1-2H3,(H,29,30)(H,31,32)(H,33,34)/t18-,19-,20-/m1/s1. The van der Waals surface area contributed by atoms with Crippen LogP contribution < -0.4 is 0 Å². The van der Waals surface area contributed by atoms with Crippen molar-refractivity contribution in [2.24, 2.45) is 0 Å². The largest absolute Gasteiger partial charge is 0.480 e. The van der Waals surface area contributed by atoms with Crippen molar-refractivity contribution in [1.29, 1.82) is 5.26 Å². The average Bonchev–Trinajstić information content (AvgIpc) is 2.78. The number of carboxylic acids is 3. The molecule has 0 aromatic heterocycles. The summed E-state index contributed by atoms with van der Waals surface area (Å²) < 4.78 is 0. The van der Waals surface area contributed by atoms with Crippen LogP contribution in [0.4, 0.5) is 0 Å². The Kier molecular flexibility index (Phi) is 11.5. The van der Waals surface area contributed by atoms with Gasteiger partial charge in [0.2, 0.25) is 0 Å². The first-order valence-corrected chi connectivity index (χ1v) is 12.4. The van der Waals surface area contributed by atoms with Crippen LogP contribution >= 0.6 is 11.8 Å². The third-order valence-electron chi connectivity index (χ3n) is 6.50. The lowest BCUT2D eigenvalue weighted by atomic mass is 9.88. The molecule has 2 rings (SSSR count). The fourth-order valence-corrected chi connectivity index (χ4v) is 5.11. The average molecular weight is 507 g/mol.